The van der Waals surface area contributed by atoms with Crippen LogP contribution in [0.5, 0.6) is 0 Å². The summed E-state index contributed by atoms with van der Waals surface area (Å²) in [4.78, 5) is 15.6. The molecule has 94 valence electrons. The van der Waals surface area contributed by atoms with Gasteiger partial charge in [0.25, 0.3) is 5.91 Å². The van der Waals surface area contributed by atoms with Crippen molar-refractivity contribution in [2.45, 2.75) is 0 Å². The number of hydrogen-bond donors (Lipinski definition) is 2. The first-order valence-electron chi connectivity index (χ1n) is 4.91. The number of nitrogens with zero attached hydrogens (tertiary/aromatic N) is 2. The summed E-state index contributed by atoms with van der Waals surface area (Å²) in [6.45, 7) is 0. The number of amidine groups is 1. The maximum absolute atomic E-state index is 11.4. The topological polar surface area (TPSA) is 77.3 Å². The molecule has 0 saturated heterocycles. The van der Waals surface area contributed by atoms with E-state index < -0.39 is 0 Å². The van der Waals surface area contributed by atoms with Gasteiger partial charge in [0.05, 0.1) is 16.3 Å². The number of benzene rings is 1. The van der Waals surface area contributed by atoms with Crippen molar-refractivity contribution in [3.63, 3.8) is 0 Å². The fourth-order valence-electron chi connectivity index (χ4n) is 1.18. The van der Waals surface area contributed by atoms with Crippen LogP contribution < -0.4 is 10.6 Å². The van der Waals surface area contributed by atoms with Crippen molar-refractivity contribution >= 4 is 40.1 Å². The molecule has 0 bridgehead atoms. The Kier molecular flexibility index (Phi) is 5.49. The Labute approximate surface area is 114 Å². The molecule has 0 aliphatic rings. The molecule has 2 N–H and O–H groups in total. The summed E-state index contributed by atoms with van der Waals surface area (Å²) in [7, 11) is 1.54. The standard InChI is InChI=1S/C11H11ClN4OS/c1-14-10(17)8-4-3-7(5-9(8)12)16-11(18-2)15-6-13/h3-5H,1-2H3,(H,14,17)(H,15,16). The van der Waals surface area contributed by atoms with Gasteiger partial charge in [-0.15, -0.1) is 0 Å². The molecule has 1 aromatic carbocycles. The summed E-state index contributed by atoms with van der Waals surface area (Å²) < 4.78 is 0. The molecule has 1 rings (SSSR count). The van der Waals surface area contributed by atoms with Crippen LogP contribution in [0.25, 0.3) is 0 Å². The SMILES string of the molecule is CNC(=O)c1ccc(N=C(NC#N)SC)cc1Cl. The number of rotatable bonds is 2. The number of halogens is 1. The molecule has 0 saturated carbocycles. The van der Waals surface area contributed by atoms with Crippen molar-refractivity contribution < 1.29 is 4.79 Å². The zero-order valence-corrected chi connectivity index (χ0v) is 11.4. The van der Waals surface area contributed by atoms with Crippen LogP contribution in [0.4, 0.5) is 5.69 Å². The summed E-state index contributed by atoms with van der Waals surface area (Å²) in [5, 5.41) is 14.2. The first kappa shape index (κ1) is 14.4. The van der Waals surface area contributed by atoms with E-state index in [0.29, 0.717) is 21.4 Å². The van der Waals surface area contributed by atoms with Gasteiger partial charge in [0.2, 0.25) is 0 Å². The fraction of sp³-hybridized carbons (Fsp3) is 0.182. The summed E-state index contributed by atoms with van der Waals surface area (Å²) >= 11 is 7.29. The van der Waals surface area contributed by atoms with E-state index in [4.69, 9.17) is 16.9 Å². The van der Waals surface area contributed by atoms with E-state index >= 15 is 0 Å². The van der Waals surface area contributed by atoms with Gasteiger partial charge >= 0.3 is 0 Å². The Bertz CT molecular complexity index is 524. The van der Waals surface area contributed by atoms with Gasteiger partial charge < -0.3 is 5.32 Å². The van der Waals surface area contributed by atoms with Crippen molar-refractivity contribution in [2.75, 3.05) is 13.3 Å². The van der Waals surface area contributed by atoms with Crippen LogP contribution >= 0.6 is 23.4 Å². The van der Waals surface area contributed by atoms with Crippen LogP contribution in [0, 0.1) is 11.5 Å². The molecule has 1 amide bonds. The summed E-state index contributed by atoms with van der Waals surface area (Å²) in [5.41, 5.74) is 0.955. The van der Waals surface area contributed by atoms with Crippen LogP contribution in [0.15, 0.2) is 23.2 Å². The highest BCUT2D eigenvalue weighted by Gasteiger charge is 2.09. The van der Waals surface area contributed by atoms with Crippen LogP contribution in [-0.4, -0.2) is 24.4 Å². The van der Waals surface area contributed by atoms with Gasteiger partial charge in [-0.1, -0.05) is 23.4 Å². The van der Waals surface area contributed by atoms with Gasteiger partial charge in [0.15, 0.2) is 11.4 Å². The Morgan fingerprint density at radius 2 is 2.28 bits per heavy atom. The molecule has 7 heteroatoms. The second-order valence-electron chi connectivity index (χ2n) is 3.10. The second-order valence-corrected chi connectivity index (χ2v) is 4.30. The predicted molar refractivity (Wildman–Crippen MR) is 74.2 cm³/mol. The van der Waals surface area contributed by atoms with Crippen molar-refractivity contribution in [3.05, 3.63) is 28.8 Å². The van der Waals surface area contributed by atoms with Crippen molar-refractivity contribution in [1.29, 1.82) is 5.26 Å². The lowest BCUT2D eigenvalue weighted by Gasteiger charge is -2.04. The highest BCUT2D eigenvalue weighted by molar-refractivity contribution is 8.13. The highest BCUT2D eigenvalue weighted by Crippen LogP contribution is 2.23. The average Bonchev–Trinajstić information content (AvgIpc) is 2.37. The fourth-order valence-corrected chi connectivity index (χ4v) is 1.79. The summed E-state index contributed by atoms with van der Waals surface area (Å²) in [5.74, 6) is -0.254. The Balaban J connectivity index is 3.05. The molecule has 1 aromatic rings. The molecular weight excluding hydrogens is 272 g/mol. The van der Waals surface area contributed by atoms with Gasteiger partial charge in [-0.05, 0) is 24.5 Å². The Hall–Kier alpha value is -1.71. The van der Waals surface area contributed by atoms with Crippen LogP contribution in [-0.2, 0) is 0 Å². The van der Waals surface area contributed by atoms with Crippen LogP contribution in [0.1, 0.15) is 10.4 Å². The third kappa shape index (κ3) is 3.65. The number of nitriles is 1. The first-order valence-corrected chi connectivity index (χ1v) is 6.52. The molecule has 0 radical (unpaired) electrons. The number of carbonyl (C=O) groups is 1. The molecule has 0 aliphatic carbocycles. The maximum atomic E-state index is 11.4. The molecule has 0 atom stereocenters. The van der Waals surface area contributed by atoms with Gasteiger partial charge in [-0.3, -0.25) is 10.1 Å². The second kappa shape index (κ2) is 6.89. The molecule has 0 unspecified atom stereocenters. The molecular formula is C11H11ClN4OS. The minimum absolute atomic E-state index is 0.254. The summed E-state index contributed by atoms with van der Waals surface area (Å²) in [6, 6.07) is 4.82. The van der Waals surface area contributed by atoms with Gasteiger partial charge in [0, 0.05) is 7.05 Å². The zero-order valence-electron chi connectivity index (χ0n) is 9.82. The van der Waals surface area contributed by atoms with Crippen molar-refractivity contribution in [3.8, 4) is 6.19 Å². The van der Waals surface area contributed by atoms with E-state index in [1.54, 1.807) is 30.6 Å². The van der Waals surface area contributed by atoms with E-state index in [-0.39, 0.29) is 5.91 Å². The van der Waals surface area contributed by atoms with Crippen LogP contribution in [0.2, 0.25) is 5.02 Å². The zero-order chi connectivity index (χ0) is 13.5. The van der Waals surface area contributed by atoms with Gasteiger partial charge in [0.1, 0.15) is 0 Å². The lowest BCUT2D eigenvalue weighted by Crippen LogP contribution is -2.18. The largest absolute Gasteiger partial charge is 0.355 e. The lowest BCUT2D eigenvalue weighted by molar-refractivity contribution is 0.0963. The molecule has 5 nitrogen and oxygen atoms in total. The highest BCUT2D eigenvalue weighted by atomic mass is 35.5. The normalized spacial score (nSPS) is 10.7. The Morgan fingerprint density at radius 3 is 2.78 bits per heavy atom. The van der Waals surface area contributed by atoms with Crippen molar-refractivity contribution in [1.82, 2.24) is 10.6 Å². The van der Waals surface area contributed by atoms with E-state index in [1.165, 1.54) is 18.8 Å². The quantitative estimate of drug-likeness (QED) is 0.377. The van der Waals surface area contributed by atoms with Crippen LogP contribution in [0.3, 0.4) is 0 Å². The third-order valence-electron chi connectivity index (χ3n) is 2.01. The maximum Gasteiger partial charge on any atom is 0.252 e. The molecule has 0 aliphatic heterocycles. The molecule has 0 spiro atoms. The molecule has 0 fully saturated rings. The van der Waals surface area contributed by atoms with Gasteiger partial charge in [-0.25, -0.2) is 4.99 Å². The Morgan fingerprint density at radius 1 is 1.56 bits per heavy atom. The number of amides is 1. The first-order chi connectivity index (χ1) is 8.62. The smallest absolute Gasteiger partial charge is 0.252 e. The monoisotopic (exact) mass is 282 g/mol. The van der Waals surface area contributed by atoms with E-state index in [1.807, 2.05) is 0 Å². The number of hydrogen-bond acceptors (Lipinski definition) is 4. The molecule has 18 heavy (non-hydrogen) atoms. The number of thioether (sulfide) groups is 1. The average molecular weight is 283 g/mol. The lowest BCUT2D eigenvalue weighted by atomic mass is 10.2. The predicted octanol–water partition coefficient (Wildman–Crippen LogP) is 2.12. The molecule has 0 aromatic heterocycles. The molecule has 0 heterocycles. The summed E-state index contributed by atoms with van der Waals surface area (Å²) in [6.07, 6.45) is 3.59. The van der Waals surface area contributed by atoms with E-state index in [2.05, 4.69) is 15.6 Å². The van der Waals surface area contributed by atoms with E-state index in [0.717, 1.165) is 0 Å². The van der Waals surface area contributed by atoms with E-state index in [9.17, 15) is 4.79 Å². The number of carbonyl (C=O) groups excluding carboxylic acids is 1. The minimum atomic E-state index is -0.254. The van der Waals surface area contributed by atoms with Crippen molar-refractivity contribution in [2.24, 2.45) is 4.99 Å². The third-order valence-corrected chi connectivity index (χ3v) is 2.90. The van der Waals surface area contributed by atoms with Gasteiger partial charge in [-0.2, -0.15) is 5.26 Å². The number of aliphatic imine (C=N–C) groups is 1. The number of nitrogens with one attached hydrogen (secondary N) is 2. The minimum Gasteiger partial charge on any atom is -0.355 e.